The highest BCUT2D eigenvalue weighted by molar-refractivity contribution is 8.00. The molecule has 0 aromatic heterocycles. The van der Waals surface area contributed by atoms with Crippen molar-refractivity contribution < 1.29 is 4.79 Å². The molecule has 0 spiro atoms. The summed E-state index contributed by atoms with van der Waals surface area (Å²) in [6, 6.07) is 8.30. The number of benzene rings is 1. The van der Waals surface area contributed by atoms with Crippen LogP contribution in [0, 0.1) is 6.92 Å². The third kappa shape index (κ3) is 6.12. The summed E-state index contributed by atoms with van der Waals surface area (Å²) in [5.74, 6) is 0.707. The SMILES string of the molecule is Cc1ccc(CN(C)C(=O)CSC(C)CCN)cc1. The molecule has 0 aliphatic carbocycles. The third-order valence-corrected chi connectivity index (χ3v) is 4.25. The van der Waals surface area contributed by atoms with Crippen molar-refractivity contribution in [2.45, 2.75) is 32.1 Å². The predicted molar refractivity (Wildman–Crippen MR) is 83.2 cm³/mol. The van der Waals surface area contributed by atoms with Crippen LogP contribution in [-0.4, -0.2) is 35.4 Å². The average molecular weight is 280 g/mol. The molecule has 0 heterocycles. The second-order valence-electron chi connectivity index (χ2n) is 4.93. The van der Waals surface area contributed by atoms with E-state index in [-0.39, 0.29) is 5.91 Å². The van der Waals surface area contributed by atoms with Gasteiger partial charge < -0.3 is 10.6 Å². The minimum atomic E-state index is 0.175. The highest BCUT2D eigenvalue weighted by Crippen LogP contribution is 2.14. The monoisotopic (exact) mass is 280 g/mol. The Bertz CT molecular complexity index is 392. The van der Waals surface area contributed by atoms with Gasteiger partial charge in [-0.1, -0.05) is 36.8 Å². The molecule has 1 amide bonds. The fourth-order valence-corrected chi connectivity index (χ4v) is 2.65. The molecule has 4 heteroatoms. The van der Waals surface area contributed by atoms with Gasteiger partial charge in [-0.2, -0.15) is 0 Å². The maximum absolute atomic E-state index is 12.0. The van der Waals surface area contributed by atoms with Gasteiger partial charge in [0.1, 0.15) is 0 Å². The minimum absolute atomic E-state index is 0.175. The molecule has 1 aromatic carbocycles. The van der Waals surface area contributed by atoms with Gasteiger partial charge in [0.15, 0.2) is 0 Å². The maximum Gasteiger partial charge on any atom is 0.232 e. The lowest BCUT2D eigenvalue weighted by atomic mass is 10.1. The van der Waals surface area contributed by atoms with Crippen LogP contribution in [0.5, 0.6) is 0 Å². The molecule has 106 valence electrons. The Balaban J connectivity index is 2.38. The molecule has 0 radical (unpaired) electrons. The molecule has 0 saturated heterocycles. The number of nitrogens with two attached hydrogens (primary N) is 1. The lowest BCUT2D eigenvalue weighted by molar-refractivity contribution is -0.127. The summed E-state index contributed by atoms with van der Waals surface area (Å²) in [6.07, 6.45) is 0.958. The second-order valence-corrected chi connectivity index (χ2v) is 6.36. The van der Waals surface area contributed by atoms with Crippen LogP contribution in [0.4, 0.5) is 0 Å². The van der Waals surface area contributed by atoms with Crippen molar-refractivity contribution in [3.63, 3.8) is 0 Å². The van der Waals surface area contributed by atoms with Crippen molar-refractivity contribution in [2.24, 2.45) is 5.73 Å². The van der Waals surface area contributed by atoms with Crippen LogP contribution in [-0.2, 0) is 11.3 Å². The van der Waals surface area contributed by atoms with E-state index in [1.54, 1.807) is 16.7 Å². The normalized spacial score (nSPS) is 12.2. The molecule has 1 rings (SSSR count). The Morgan fingerprint density at radius 1 is 1.37 bits per heavy atom. The van der Waals surface area contributed by atoms with Gasteiger partial charge in [0, 0.05) is 18.8 Å². The second kappa shape index (κ2) is 8.23. The quantitative estimate of drug-likeness (QED) is 0.834. The largest absolute Gasteiger partial charge is 0.341 e. The number of thioether (sulfide) groups is 1. The van der Waals surface area contributed by atoms with Crippen molar-refractivity contribution in [1.29, 1.82) is 0 Å². The van der Waals surface area contributed by atoms with Gasteiger partial charge in [-0.3, -0.25) is 4.79 Å². The molecular formula is C15H24N2OS. The van der Waals surface area contributed by atoms with Crippen LogP contribution in [0.1, 0.15) is 24.5 Å². The first-order valence-electron chi connectivity index (χ1n) is 6.64. The summed E-state index contributed by atoms with van der Waals surface area (Å²) >= 11 is 1.68. The zero-order valence-corrected chi connectivity index (χ0v) is 12.9. The van der Waals surface area contributed by atoms with E-state index in [9.17, 15) is 4.79 Å². The van der Waals surface area contributed by atoms with Gasteiger partial charge in [0.25, 0.3) is 0 Å². The number of hydrogen-bond donors (Lipinski definition) is 1. The van der Waals surface area contributed by atoms with E-state index in [0.29, 0.717) is 24.1 Å². The Morgan fingerprint density at radius 3 is 2.58 bits per heavy atom. The van der Waals surface area contributed by atoms with Crippen LogP contribution >= 0.6 is 11.8 Å². The molecule has 0 bridgehead atoms. The molecular weight excluding hydrogens is 256 g/mol. The van der Waals surface area contributed by atoms with E-state index >= 15 is 0 Å². The van der Waals surface area contributed by atoms with Crippen molar-refractivity contribution in [3.05, 3.63) is 35.4 Å². The van der Waals surface area contributed by atoms with Gasteiger partial charge in [-0.15, -0.1) is 11.8 Å². The molecule has 0 saturated carbocycles. The van der Waals surface area contributed by atoms with Crippen LogP contribution < -0.4 is 5.73 Å². The first kappa shape index (κ1) is 16.1. The smallest absolute Gasteiger partial charge is 0.232 e. The van der Waals surface area contributed by atoms with Gasteiger partial charge in [0.05, 0.1) is 5.75 Å². The maximum atomic E-state index is 12.0. The standard InChI is InChI=1S/C15H24N2OS/c1-12-4-6-14(7-5-12)10-17(3)15(18)11-19-13(2)8-9-16/h4-7,13H,8-11,16H2,1-3H3. The molecule has 0 aliphatic rings. The fourth-order valence-electron chi connectivity index (χ4n) is 1.70. The van der Waals surface area contributed by atoms with E-state index in [1.807, 2.05) is 7.05 Å². The summed E-state index contributed by atoms with van der Waals surface area (Å²) < 4.78 is 0. The first-order valence-corrected chi connectivity index (χ1v) is 7.69. The van der Waals surface area contributed by atoms with Crippen LogP contribution in [0.3, 0.4) is 0 Å². The average Bonchev–Trinajstić information content (AvgIpc) is 2.39. The highest BCUT2D eigenvalue weighted by Gasteiger charge is 2.11. The predicted octanol–water partition coefficient (Wildman–Crippen LogP) is 2.42. The number of amides is 1. The van der Waals surface area contributed by atoms with Crippen LogP contribution in [0.2, 0.25) is 0 Å². The zero-order chi connectivity index (χ0) is 14.3. The van der Waals surface area contributed by atoms with Crippen molar-refractivity contribution in [3.8, 4) is 0 Å². The Hall–Kier alpha value is -1.00. The number of rotatable bonds is 7. The first-order chi connectivity index (χ1) is 9.02. The van der Waals surface area contributed by atoms with Crippen molar-refractivity contribution >= 4 is 17.7 Å². The molecule has 1 unspecified atom stereocenters. The lowest BCUT2D eigenvalue weighted by Gasteiger charge is -2.18. The summed E-state index contributed by atoms with van der Waals surface area (Å²) in [4.78, 5) is 13.8. The number of nitrogens with zero attached hydrogens (tertiary/aromatic N) is 1. The number of carbonyl (C=O) groups excluding carboxylic acids is 1. The topological polar surface area (TPSA) is 46.3 Å². The van der Waals surface area contributed by atoms with Gasteiger partial charge >= 0.3 is 0 Å². The summed E-state index contributed by atoms with van der Waals surface area (Å²) in [7, 11) is 1.86. The minimum Gasteiger partial charge on any atom is -0.341 e. The summed E-state index contributed by atoms with van der Waals surface area (Å²) in [5.41, 5.74) is 7.91. The van der Waals surface area contributed by atoms with E-state index in [1.165, 1.54) is 11.1 Å². The summed E-state index contributed by atoms with van der Waals surface area (Å²) in [6.45, 7) is 5.53. The van der Waals surface area contributed by atoms with Gasteiger partial charge in [0.2, 0.25) is 5.91 Å². The highest BCUT2D eigenvalue weighted by atomic mass is 32.2. The van der Waals surface area contributed by atoms with Crippen molar-refractivity contribution in [1.82, 2.24) is 4.90 Å². The number of hydrogen-bond acceptors (Lipinski definition) is 3. The molecule has 2 N–H and O–H groups in total. The Kier molecular flexibility index (Phi) is 6.95. The zero-order valence-electron chi connectivity index (χ0n) is 12.1. The number of aryl methyl sites for hydroxylation is 1. The van der Waals surface area contributed by atoms with Crippen molar-refractivity contribution in [2.75, 3.05) is 19.3 Å². The van der Waals surface area contributed by atoms with E-state index in [4.69, 9.17) is 5.73 Å². The van der Waals surface area contributed by atoms with Gasteiger partial charge in [-0.25, -0.2) is 0 Å². The molecule has 0 fully saturated rings. The van der Waals surface area contributed by atoms with E-state index < -0.39 is 0 Å². The van der Waals surface area contributed by atoms with Crippen LogP contribution in [0.25, 0.3) is 0 Å². The molecule has 19 heavy (non-hydrogen) atoms. The van der Waals surface area contributed by atoms with E-state index in [2.05, 4.69) is 38.1 Å². The molecule has 1 aromatic rings. The van der Waals surface area contributed by atoms with Crippen LogP contribution in [0.15, 0.2) is 24.3 Å². The van der Waals surface area contributed by atoms with E-state index in [0.717, 1.165) is 6.42 Å². The molecule has 3 nitrogen and oxygen atoms in total. The third-order valence-electron chi connectivity index (χ3n) is 3.03. The van der Waals surface area contributed by atoms with Gasteiger partial charge in [-0.05, 0) is 25.5 Å². The summed E-state index contributed by atoms with van der Waals surface area (Å²) in [5, 5.41) is 0.446. The molecule has 0 aliphatic heterocycles. The molecule has 1 atom stereocenters. The fraction of sp³-hybridized carbons (Fsp3) is 0.533. The number of carbonyl (C=O) groups is 1. The lowest BCUT2D eigenvalue weighted by Crippen LogP contribution is -2.28. The Morgan fingerprint density at radius 2 is 2.00 bits per heavy atom. The Labute approximate surface area is 120 Å².